The standard InChI is InChI=1S/C20H22O5/c1-3-4-5-9-14-13(8-6-7-10-21)11-15-18(20(14)24)16(22)12-17(25-2)19(15)23/h5-7,9,11-12,21,24H,3-4,8,10H2,1-2H3/b7-6+,9-5+. The zero-order valence-corrected chi connectivity index (χ0v) is 14.4. The Kier molecular flexibility index (Phi) is 6.31. The first-order chi connectivity index (χ1) is 12.0. The summed E-state index contributed by atoms with van der Waals surface area (Å²) >= 11 is 0. The second kappa shape index (κ2) is 8.44. The molecule has 5 heteroatoms. The lowest BCUT2D eigenvalue weighted by molar-refractivity contribution is 0.0915. The second-order valence-electron chi connectivity index (χ2n) is 5.68. The molecular formula is C20H22O5. The third-order valence-electron chi connectivity index (χ3n) is 3.97. The van der Waals surface area contributed by atoms with Gasteiger partial charge in [-0.3, -0.25) is 9.59 Å². The molecule has 1 aliphatic rings. The van der Waals surface area contributed by atoms with Crippen LogP contribution in [0.5, 0.6) is 5.75 Å². The molecule has 1 aromatic rings. The number of carbonyl (C=O) groups excluding carboxylic acids is 2. The molecule has 25 heavy (non-hydrogen) atoms. The Morgan fingerprint density at radius 1 is 1.20 bits per heavy atom. The predicted molar refractivity (Wildman–Crippen MR) is 95.7 cm³/mol. The maximum absolute atomic E-state index is 12.5. The minimum absolute atomic E-state index is 0.0110. The highest BCUT2D eigenvalue weighted by Crippen LogP contribution is 2.35. The number of aliphatic hydroxyl groups is 1. The van der Waals surface area contributed by atoms with Crippen molar-refractivity contribution in [1.82, 2.24) is 0 Å². The third kappa shape index (κ3) is 3.88. The molecule has 1 aromatic carbocycles. The number of hydrogen-bond donors (Lipinski definition) is 2. The summed E-state index contributed by atoms with van der Waals surface area (Å²) in [5.41, 5.74) is 1.37. The molecule has 0 fully saturated rings. The molecule has 0 saturated carbocycles. The van der Waals surface area contributed by atoms with Gasteiger partial charge in [0.1, 0.15) is 5.75 Å². The van der Waals surface area contributed by atoms with Crippen LogP contribution in [-0.4, -0.2) is 35.5 Å². The van der Waals surface area contributed by atoms with Crippen molar-refractivity contribution >= 4 is 17.6 Å². The van der Waals surface area contributed by atoms with E-state index in [0.717, 1.165) is 18.9 Å². The van der Waals surface area contributed by atoms with Crippen molar-refractivity contribution in [2.45, 2.75) is 26.2 Å². The first kappa shape index (κ1) is 18.7. The number of allylic oxidation sites excluding steroid dienone is 4. The number of phenols is 1. The average Bonchev–Trinajstić information content (AvgIpc) is 2.60. The van der Waals surface area contributed by atoms with Gasteiger partial charge >= 0.3 is 0 Å². The smallest absolute Gasteiger partial charge is 0.228 e. The lowest BCUT2D eigenvalue weighted by atomic mass is 9.87. The summed E-state index contributed by atoms with van der Waals surface area (Å²) in [6.45, 7) is 1.95. The Balaban J connectivity index is 2.61. The number of Topliss-reactive ketones (excluding diaryl/α,β-unsaturated/α-hetero) is 1. The number of rotatable bonds is 7. The van der Waals surface area contributed by atoms with Crippen LogP contribution in [0.15, 0.2) is 36.1 Å². The number of unbranched alkanes of at least 4 members (excludes halogenated alkanes) is 1. The minimum Gasteiger partial charge on any atom is -0.507 e. The molecule has 2 rings (SSSR count). The van der Waals surface area contributed by atoms with E-state index in [1.807, 2.05) is 13.0 Å². The van der Waals surface area contributed by atoms with Gasteiger partial charge in [0.25, 0.3) is 0 Å². The van der Waals surface area contributed by atoms with Gasteiger partial charge in [0.05, 0.1) is 19.3 Å². The van der Waals surface area contributed by atoms with Gasteiger partial charge in [0.2, 0.25) is 5.78 Å². The van der Waals surface area contributed by atoms with Crippen LogP contribution >= 0.6 is 0 Å². The molecule has 0 radical (unpaired) electrons. The van der Waals surface area contributed by atoms with Crippen LogP contribution in [0.3, 0.4) is 0 Å². The molecule has 1 aliphatic carbocycles. The SMILES string of the molecule is CCC/C=C/c1c(C/C=C/CO)cc2c(c1O)C(=O)C=C(OC)C2=O. The number of benzene rings is 1. The Hall–Kier alpha value is -2.66. The van der Waals surface area contributed by atoms with Crippen LogP contribution in [0.1, 0.15) is 51.6 Å². The van der Waals surface area contributed by atoms with Gasteiger partial charge in [-0.05, 0) is 24.5 Å². The van der Waals surface area contributed by atoms with Gasteiger partial charge < -0.3 is 14.9 Å². The molecule has 0 saturated heterocycles. The molecular weight excluding hydrogens is 320 g/mol. The summed E-state index contributed by atoms with van der Waals surface area (Å²) in [6.07, 6.45) is 10.4. The zero-order chi connectivity index (χ0) is 18.4. The van der Waals surface area contributed by atoms with E-state index in [1.54, 1.807) is 24.3 Å². The molecule has 0 bridgehead atoms. The molecule has 0 atom stereocenters. The highest BCUT2D eigenvalue weighted by molar-refractivity contribution is 6.25. The number of phenolic OH excluding ortho intramolecular Hbond substituents is 1. The molecule has 0 unspecified atom stereocenters. The van der Waals surface area contributed by atoms with Gasteiger partial charge in [-0.15, -0.1) is 0 Å². The van der Waals surface area contributed by atoms with Crippen molar-refractivity contribution in [2.24, 2.45) is 0 Å². The first-order valence-corrected chi connectivity index (χ1v) is 8.21. The minimum atomic E-state index is -0.452. The Morgan fingerprint density at radius 3 is 2.60 bits per heavy atom. The fourth-order valence-corrected chi connectivity index (χ4v) is 2.72. The van der Waals surface area contributed by atoms with Gasteiger partial charge in [-0.25, -0.2) is 0 Å². The fourth-order valence-electron chi connectivity index (χ4n) is 2.72. The molecule has 2 N–H and O–H groups in total. The Bertz CT molecular complexity index is 769. The van der Waals surface area contributed by atoms with E-state index in [9.17, 15) is 14.7 Å². The summed E-state index contributed by atoms with van der Waals surface area (Å²) < 4.78 is 4.97. The average molecular weight is 342 g/mol. The summed E-state index contributed by atoms with van der Waals surface area (Å²) in [5, 5.41) is 19.6. The van der Waals surface area contributed by atoms with Crippen LogP contribution < -0.4 is 0 Å². The van der Waals surface area contributed by atoms with Crippen LogP contribution in [-0.2, 0) is 11.2 Å². The fraction of sp³-hybridized carbons (Fsp3) is 0.300. The molecule has 132 valence electrons. The monoisotopic (exact) mass is 342 g/mol. The number of fused-ring (bicyclic) bond motifs is 1. The number of ether oxygens (including phenoxy) is 1. The summed E-state index contributed by atoms with van der Waals surface area (Å²) in [5.74, 6) is -1.11. The van der Waals surface area contributed by atoms with Crippen LogP contribution in [0, 0.1) is 0 Å². The highest BCUT2D eigenvalue weighted by Gasteiger charge is 2.31. The van der Waals surface area contributed by atoms with Crippen molar-refractivity contribution in [1.29, 1.82) is 0 Å². The Labute approximate surface area is 146 Å². The maximum atomic E-state index is 12.5. The van der Waals surface area contributed by atoms with E-state index in [1.165, 1.54) is 7.11 Å². The number of aromatic hydroxyl groups is 1. The summed E-state index contributed by atoms with van der Waals surface area (Å²) in [7, 11) is 1.33. The van der Waals surface area contributed by atoms with Gasteiger partial charge in [0.15, 0.2) is 11.5 Å². The zero-order valence-electron chi connectivity index (χ0n) is 14.4. The second-order valence-corrected chi connectivity index (χ2v) is 5.68. The molecule has 0 heterocycles. The van der Waals surface area contributed by atoms with Crippen molar-refractivity contribution in [2.75, 3.05) is 13.7 Å². The molecule has 0 spiro atoms. The van der Waals surface area contributed by atoms with E-state index in [2.05, 4.69) is 0 Å². The van der Waals surface area contributed by atoms with E-state index in [0.29, 0.717) is 17.5 Å². The molecule has 0 amide bonds. The number of aliphatic hydroxyl groups excluding tert-OH is 1. The highest BCUT2D eigenvalue weighted by atomic mass is 16.5. The number of methoxy groups -OCH3 is 1. The number of ketones is 2. The molecule has 0 aliphatic heterocycles. The van der Waals surface area contributed by atoms with Crippen LogP contribution in [0.4, 0.5) is 0 Å². The summed E-state index contributed by atoms with van der Waals surface area (Å²) in [4.78, 5) is 24.8. The topological polar surface area (TPSA) is 83.8 Å². The van der Waals surface area contributed by atoms with E-state index in [4.69, 9.17) is 9.84 Å². The third-order valence-corrected chi connectivity index (χ3v) is 3.97. The number of hydrogen-bond acceptors (Lipinski definition) is 5. The van der Waals surface area contributed by atoms with Gasteiger partial charge in [-0.1, -0.05) is 37.6 Å². The number of carbonyl (C=O) groups is 2. The lowest BCUT2D eigenvalue weighted by Gasteiger charge is -2.19. The molecule has 0 aromatic heterocycles. The van der Waals surface area contributed by atoms with Crippen LogP contribution in [0.25, 0.3) is 6.08 Å². The predicted octanol–water partition coefficient (Wildman–Crippen LogP) is 3.21. The van der Waals surface area contributed by atoms with Crippen LogP contribution in [0.2, 0.25) is 0 Å². The van der Waals surface area contributed by atoms with E-state index < -0.39 is 11.6 Å². The maximum Gasteiger partial charge on any atom is 0.228 e. The van der Waals surface area contributed by atoms with Crippen molar-refractivity contribution in [3.8, 4) is 5.75 Å². The van der Waals surface area contributed by atoms with E-state index in [-0.39, 0.29) is 29.2 Å². The summed E-state index contributed by atoms with van der Waals surface area (Å²) in [6, 6.07) is 1.62. The van der Waals surface area contributed by atoms with Crippen molar-refractivity contribution in [3.63, 3.8) is 0 Å². The van der Waals surface area contributed by atoms with Crippen molar-refractivity contribution in [3.05, 3.63) is 58.4 Å². The largest absolute Gasteiger partial charge is 0.507 e. The van der Waals surface area contributed by atoms with Gasteiger partial charge in [-0.2, -0.15) is 0 Å². The Morgan fingerprint density at radius 2 is 1.96 bits per heavy atom. The van der Waals surface area contributed by atoms with E-state index >= 15 is 0 Å². The lowest BCUT2D eigenvalue weighted by Crippen LogP contribution is -2.19. The van der Waals surface area contributed by atoms with Crippen molar-refractivity contribution < 1.29 is 24.5 Å². The molecule has 5 nitrogen and oxygen atoms in total. The van der Waals surface area contributed by atoms with Gasteiger partial charge in [0, 0.05) is 17.2 Å². The normalized spacial score (nSPS) is 14.3. The quantitative estimate of drug-likeness (QED) is 0.744. The first-order valence-electron chi connectivity index (χ1n) is 8.21.